The molecule has 1 aliphatic heterocycles. The molecular weight excluding hydrogens is 266 g/mol. The molecule has 1 saturated carbocycles. The highest BCUT2D eigenvalue weighted by atomic mass is 16.2. The van der Waals surface area contributed by atoms with Crippen LogP contribution in [0.15, 0.2) is 6.33 Å². The lowest BCUT2D eigenvalue weighted by atomic mass is 9.85. The molecule has 1 spiro atoms. The van der Waals surface area contributed by atoms with E-state index in [1.807, 2.05) is 4.57 Å². The van der Waals surface area contributed by atoms with E-state index in [1.165, 1.54) is 0 Å². The van der Waals surface area contributed by atoms with E-state index < -0.39 is 0 Å². The van der Waals surface area contributed by atoms with Crippen molar-refractivity contribution in [3.63, 3.8) is 0 Å². The maximum Gasteiger partial charge on any atom is 0.226 e. The lowest BCUT2D eigenvalue weighted by Crippen LogP contribution is -2.39. The van der Waals surface area contributed by atoms with Crippen LogP contribution < -0.4 is 10.6 Å². The topological polar surface area (TPSA) is 71.8 Å². The summed E-state index contributed by atoms with van der Waals surface area (Å²) in [6.07, 6.45) is 5.77. The zero-order chi connectivity index (χ0) is 14.9. The third kappa shape index (κ3) is 2.46. The molecule has 2 aliphatic rings. The normalized spacial score (nSPS) is 26.8. The van der Waals surface area contributed by atoms with Gasteiger partial charge in [-0.25, -0.2) is 0 Å². The number of nitrogens with zero attached hydrogens (tertiary/aromatic N) is 3. The van der Waals surface area contributed by atoms with Crippen LogP contribution in [0.3, 0.4) is 0 Å². The minimum Gasteiger partial charge on any atom is -0.355 e. The Balaban J connectivity index is 1.51. The molecule has 1 aromatic heterocycles. The molecular formula is C15H25N5O. The van der Waals surface area contributed by atoms with Gasteiger partial charge in [0, 0.05) is 19.5 Å². The van der Waals surface area contributed by atoms with Gasteiger partial charge in [0.2, 0.25) is 5.91 Å². The molecule has 2 fully saturated rings. The van der Waals surface area contributed by atoms with Crippen LogP contribution in [0.4, 0.5) is 0 Å². The fraction of sp³-hybridized carbons (Fsp3) is 0.800. The van der Waals surface area contributed by atoms with Crippen molar-refractivity contribution in [1.29, 1.82) is 0 Å². The maximum atomic E-state index is 12.5. The Labute approximate surface area is 125 Å². The quantitative estimate of drug-likeness (QED) is 0.839. The number of nitrogens with one attached hydrogen (secondary N) is 2. The first-order chi connectivity index (χ1) is 10.1. The summed E-state index contributed by atoms with van der Waals surface area (Å²) in [6, 6.07) is 0. The predicted octanol–water partition coefficient (Wildman–Crippen LogP) is 0.736. The molecule has 1 unspecified atom stereocenters. The Morgan fingerprint density at radius 3 is 2.95 bits per heavy atom. The van der Waals surface area contributed by atoms with E-state index in [9.17, 15) is 4.79 Å². The summed E-state index contributed by atoms with van der Waals surface area (Å²) in [5.41, 5.74) is 0.0965. The standard InChI is InChI=1S/C15H25N5O/c1-3-20-11-18-19-12(20)4-7-17-13(21)14(2)10-15(14)5-8-16-9-6-15/h11,16H,3-10H2,1-2H3,(H,17,21). The molecule has 0 radical (unpaired) electrons. The number of aromatic nitrogens is 3. The summed E-state index contributed by atoms with van der Waals surface area (Å²) in [5.74, 6) is 1.15. The first kappa shape index (κ1) is 14.5. The molecule has 21 heavy (non-hydrogen) atoms. The van der Waals surface area contributed by atoms with E-state index in [0.29, 0.717) is 6.54 Å². The average Bonchev–Trinajstić information content (AvgIpc) is 2.87. The largest absolute Gasteiger partial charge is 0.355 e. The Hall–Kier alpha value is -1.43. The van der Waals surface area contributed by atoms with E-state index in [0.717, 1.165) is 51.1 Å². The second-order valence-corrected chi connectivity index (χ2v) is 6.58. The molecule has 116 valence electrons. The van der Waals surface area contributed by atoms with Crippen LogP contribution in [0.25, 0.3) is 0 Å². The molecule has 1 saturated heterocycles. The second-order valence-electron chi connectivity index (χ2n) is 6.58. The van der Waals surface area contributed by atoms with Crippen LogP contribution >= 0.6 is 0 Å². The van der Waals surface area contributed by atoms with Gasteiger partial charge in [0.15, 0.2) is 0 Å². The molecule has 1 atom stereocenters. The molecule has 0 bridgehead atoms. The summed E-state index contributed by atoms with van der Waals surface area (Å²) < 4.78 is 2.01. The van der Waals surface area contributed by atoms with Crippen LogP contribution in [-0.2, 0) is 17.8 Å². The van der Waals surface area contributed by atoms with Crippen molar-refractivity contribution in [3.8, 4) is 0 Å². The van der Waals surface area contributed by atoms with Crippen LogP contribution in [0, 0.1) is 10.8 Å². The van der Waals surface area contributed by atoms with Gasteiger partial charge in [-0.1, -0.05) is 6.92 Å². The van der Waals surface area contributed by atoms with Crippen LogP contribution in [0.5, 0.6) is 0 Å². The van der Waals surface area contributed by atoms with Crippen molar-refractivity contribution in [3.05, 3.63) is 12.2 Å². The Morgan fingerprint density at radius 1 is 1.48 bits per heavy atom. The first-order valence-corrected chi connectivity index (χ1v) is 7.97. The number of carbonyl (C=O) groups excluding carboxylic acids is 1. The molecule has 1 aliphatic carbocycles. The molecule has 6 nitrogen and oxygen atoms in total. The number of hydrogen-bond acceptors (Lipinski definition) is 4. The van der Waals surface area contributed by atoms with E-state index >= 15 is 0 Å². The van der Waals surface area contributed by atoms with E-state index in [1.54, 1.807) is 6.33 Å². The van der Waals surface area contributed by atoms with E-state index in [2.05, 4.69) is 34.7 Å². The molecule has 6 heteroatoms. The van der Waals surface area contributed by atoms with Gasteiger partial charge in [0.05, 0.1) is 5.41 Å². The lowest BCUT2D eigenvalue weighted by Gasteiger charge is -2.27. The van der Waals surface area contributed by atoms with Gasteiger partial charge in [0.25, 0.3) is 0 Å². The number of carbonyl (C=O) groups is 1. The molecule has 1 amide bonds. The van der Waals surface area contributed by atoms with Crippen LogP contribution in [-0.4, -0.2) is 40.3 Å². The fourth-order valence-electron chi connectivity index (χ4n) is 3.81. The molecule has 2 heterocycles. The first-order valence-electron chi connectivity index (χ1n) is 7.97. The Morgan fingerprint density at radius 2 is 2.24 bits per heavy atom. The minimum absolute atomic E-state index is 0.159. The zero-order valence-corrected chi connectivity index (χ0v) is 13.0. The van der Waals surface area contributed by atoms with Crippen molar-refractivity contribution >= 4 is 5.91 Å². The lowest BCUT2D eigenvalue weighted by molar-refractivity contribution is -0.127. The third-order valence-electron chi connectivity index (χ3n) is 5.47. The van der Waals surface area contributed by atoms with Crippen molar-refractivity contribution in [1.82, 2.24) is 25.4 Å². The average molecular weight is 291 g/mol. The van der Waals surface area contributed by atoms with E-state index in [4.69, 9.17) is 0 Å². The summed E-state index contributed by atoms with van der Waals surface area (Å²) in [7, 11) is 0. The summed E-state index contributed by atoms with van der Waals surface area (Å²) in [4.78, 5) is 12.5. The van der Waals surface area contributed by atoms with Gasteiger partial charge >= 0.3 is 0 Å². The Bertz CT molecular complexity index is 520. The highest BCUT2D eigenvalue weighted by Crippen LogP contribution is 2.68. The van der Waals surface area contributed by atoms with Gasteiger partial charge in [0.1, 0.15) is 12.2 Å². The molecule has 3 rings (SSSR count). The number of amides is 1. The third-order valence-corrected chi connectivity index (χ3v) is 5.47. The fourth-order valence-corrected chi connectivity index (χ4v) is 3.81. The van der Waals surface area contributed by atoms with Crippen molar-refractivity contribution in [2.75, 3.05) is 19.6 Å². The highest BCUT2D eigenvalue weighted by Gasteiger charge is 2.67. The summed E-state index contributed by atoms with van der Waals surface area (Å²) in [5, 5.41) is 14.5. The summed E-state index contributed by atoms with van der Waals surface area (Å²) >= 11 is 0. The maximum absolute atomic E-state index is 12.5. The molecule has 1 aromatic rings. The monoisotopic (exact) mass is 291 g/mol. The van der Waals surface area contributed by atoms with Crippen LogP contribution in [0.1, 0.15) is 38.9 Å². The smallest absolute Gasteiger partial charge is 0.226 e. The van der Waals surface area contributed by atoms with Crippen molar-refractivity contribution in [2.24, 2.45) is 10.8 Å². The van der Waals surface area contributed by atoms with Crippen molar-refractivity contribution in [2.45, 2.75) is 46.1 Å². The number of hydrogen-bond donors (Lipinski definition) is 2. The number of piperidine rings is 1. The molecule has 2 N–H and O–H groups in total. The summed E-state index contributed by atoms with van der Waals surface area (Å²) in [6.45, 7) is 7.79. The second kappa shape index (κ2) is 5.40. The SMILES string of the molecule is CCn1cnnc1CCNC(=O)C1(C)CC12CCNCC2. The van der Waals surface area contributed by atoms with Crippen molar-refractivity contribution < 1.29 is 4.79 Å². The minimum atomic E-state index is -0.159. The highest BCUT2D eigenvalue weighted by molar-refractivity contribution is 5.86. The predicted molar refractivity (Wildman–Crippen MR) is 79.7 cm³/mol. The van der Waals surface area contributed by atoms with Gasteiger partial charge < -0.3 is 15.2 Å². The van der Waals surface area contributed by atoms with Gasteiger partial charge in [-0.05, 0) is 44.7 Å². The van der Waals surface area contributed by atoms with E-state index in [-0.39, 0.29) is 16.7 Å². The zero-order valence-electron chi connectivity index (χ0n) is 13.0. The van der Waals surface area contributed by atoms with Crippen LogP contribution in [0.2, 0.25) is 0 Å². The number of aryl methyl sites for hydroxylation is 1. The Kier molecular flexibility index (Phi) is 3.73. The van der Waals surface area contributed by atoms with Gasteiger partial charge in [-0.15, -0.1) is 10.2 Å². The van der Waals surface area contributed by atoms with Gasteiger partial charge in [-0.2, -0.15) is 0 Å². The molecule has 0 aromatic carbocycles. The van der Waals surface area contributed by atoms with Gasteiger partial charge in [-0.3, -0.25) is 4.79 Å². The number of rotatable bonds is 5.